The Hall–Kier alpha value is -1.29. The summed E-state index contributed by atoms with van der Waals surface area (Å²) in [6, 6.07) is 10.5. The van der Waals surface area contributed by atoms with Crippen LogP contribution in [-0.4, -0.2) is 0 Å². The lowest BCUT2D eigenvalue weighted by molar-refractivity contribution is 0.301. The Morgan fingerprint density at radius 2 is 1.71 bits per heavy atom. The van der Waals surface area contributed by atoms with Gasteiger partial charge in [-0.3, -0.25) is 0 Å². The van der Waals surface area contributed by atoms with Gasteiger partial charge < -0.3 is 0 Å². The molecule has 0 radical (unpaired) electrons. The topological polar surface area (TPSA) is 23.8 Å². The number of hydrogen-bond acceptors (Lipinski definition) is 1. The quantitative estimate of drug-likeness (QED) is 0.547. The van der Waals surface area contributed by atoms with Crippen LogP contribution in [0.1, 0.15) is 88.2 Å². The van der Waals surface area contributed by atoms with E-state index in [1.807, 2.05) is 12.1 Å². The summed E-state index contributed by atoms with van der Waals surface area (Å²) >= 11 is 0. The van der Waals surface area contributed by atoms with E-state index in [-0.39, 0.29) is 0 Å². The summed E-state index contributed by atoms with van der Waals surface area (Å²) in [6.45, 7) is 2.28. The average Bonchev–Trinajstić information content (AvgIpc) is 2.55. The number of unbranched alkanes of at least 4 members (excludes halogenated alkanes) is 4. The Balaban J connectivity index is 1.74. The molecule has 0 unspecified atom stereocenters. The van der Waals surface area contributed by atoms with Crippen LogP contribution in [0.3, 0.4) is 0 Å². The first kappa shape index (κ1) is 16.1. The standard InChI is InChI=1S/C20H29N/c1-2-3-4-5-6-9-17-12-14-18(15-13-17)20-11-8-7-10-19(20)16-21/h7-8,10-11,17-18H,2-6,9,12-15H2,1H3/t17-,18-. The second-order valence-corrected chi connectivity index (χ2v) is 6.62. The van der Waals surface area contributed by atoms with E-state index in [1.54, 1.807) is 0 Å². The van der Waals surface area contributed by atoms with E-state index in [2.05, 4.69) is 25.1 Å². The normalized spacial score (nSPS) is 21.9. The third kappa shape index (κ3) is 4.88. The van der Waals surface area contributed by atoms with Crippen LogP contribution in [0.2, 0.25) is 0 Å². The van der Waals surface area contributed by atoms with Gasteiger partial charge in [-0.05, 0) is 49.1 Å². The van der Waals surface area contributed by atoms with Crippen molar-refractivity contribution in [1.82, 2.24) is 0 Å². The zero-order valence-corrected chi connectivity index (χ0v) is 13.5. The first-order valence-electron chi connectivity index (χ1n) is 8.84. The molecule has 2 rings (SSSR count). The van der Waals surface area contributed by atoms with Crippen molar-refractivity contribution in [3.05, 3.63) is 35.4 Å². The van der Waals surface area contributed by atoms with Crippen LogP contribution in [0.4, 0.5) is 0 Å². The molecule has 1 saturated carbocycles. The minimum atomic E-state index is 0.622. The zero-order valence-electron chi connectivity index (χ0n) is 13.5. The minimum Gasteiger partial charge on any atom is -0.192 e. The Kier molecular flexibility index (Phi) is 6.80. The van der Waals surface area contributed by atoms with Gasteiger partial charge in [-0.2, -0.15) is 5.26 Å². The molecule has 1 aromatic carbocycles. The second-order valence-electron chi connectivity index (χ2n) is 6.62. The molecule has 21 heavy (non-hydrogen) atoms. The van der Waals surface area contributed by atoms with Crippen molar-refractivity contribution in [3.63, 3.8) is 0 Å². The van der Waals surface area contributed by atoms with Crippen LogP contribution in [-0.2, 0) is 0 Å². The highest BCUT2D eigenvalue weighted by Gasteiger charge is 2.23. The van der Waals surface area contributed by atoms with Gasteiger partial charge in [0.1, 0.15) is 0 Å². The number of hydrogen-bond donors (Lipinski definition) is 0. The summed E-state index contributed by atoms with van der Waals surface area (Å²) in [5, 5.41) is 9.24. The predicted molar refractivity (Wildman–Crippen MR) is 89.2 cm³/mol. The highest BCUT2D eigenvalue weighted by atomic mass is 14.3. The van der Waals surface area contributed by atoms with Crippen molar-refractivity contribution in [2.75, 3.05) is 0 Å². The van der Waals surface area contributed by atoms with Gasteiger partial charge in [0.25, 0.3) is 0 Å². The van der Waals surface area contributed by atoms with Gasteiger partial charge in [-0.1, -0.05) is 63.6 Å². The molecule has 0 bridgehead atoms. The molecule has 1 aliphatic carbocycles. The van der Waals surface area contributed by atoms with Crippen molar-refractivity contribution >= 4 is 0 Å². The average molecular weight is 283 g/mol. The van der Waals surface area contributed by atoms with E-state index in [1.165, 1.54) is 69.8 Å². The number of nitrogens with zero attached hydrogens (tertiary/aromatic N) is 1. The molecule has 0 aliphatic heterocycles. The third-order valence-corrected chi connectivity index (χ3v) is 5.08. The fraction of sp³-hybridized carbons (Fsp3) is 0.650. The summed E-state index contributed by atoms with van der Waals surface area (Å²) in [6.07, 6.45) is 13.7. The van der Waals surface area contributed by atoms with E-state index in [0.29, 0.717) is 5.92 Å². The molecule has 114 valence electrons. The molecular weight excluding hydrogens is 254 g/mol. The molecule has 0 atom stereocenters. The molecular formula is C20H29N. The molecule has 1 fully saturated rings. The van der Waals surface area contributed by atoms with Gasteiger partial charge in [0, 0.05) is 0 Å². The molecule has 1 aromatic rings. The molecule has 0 saturated heterocycles. The van der Waals surface area contributed by atoms with Crippen LogP contribution in [0, 0.1) is 17.2 Å². The van der Waals surface area contributed by atoms with E-state index in [4.69, 9.17) is 0 Å². The Labute approximate surface area is 130 Å². The van der Waals surface area contributed by atoms with Gasteiger partial charge in [-0.15, -0.1) is 0 Å². The Morgan fingerprint density at radius 3 is 2.43 bits per heavy atom. The van der Waals surface area contributed by atoms with E-state index < -0.39 is 0 Å². The van der Waals surface area contributed by atoms with Crippen LogP contribution < -0.4 is 0 Å². The van der Waals surface area contributed by atoms with Crippen LogP contribution in [0.25, 0.3) is 0 Å². The maximum atomic E-state index is 9.24. The molecule has 0 aromatic heterocycles. The fourth-order valence-electron chi connectivity index (χ4n) is 3.75. The van der Waals surface area contributed by atoms with Gasteiger partial charge in [0.2, 0.25) is 0 Å². The summed E-state index contributed by atoms with van der Waals surface area (Å²) in [7, 11) is 0. The minimum absolute atomic E-state index is 0.622. The largest absolute Gasteiger partial charge is 0.192 e. The number of nitriles is 1. The summed E-state index contributed by atoms with van der Waals surface area (Å²) in [4.78, 5) is 0. The summed E-state index contributed by atoms with van der Waals surface area (Å²) in [5.41, 5.74) is 2.18. The molecule has 0 heterocycles. The maximum Gasteiger partial charge on any atom is 0.0994 e. The SMILES string of the molecule is CCCCCCC[C@H]1CC[C@H](c2ccccc2C#N)CC1. The Morgan fingerprint density at radius 1 is 1.00 bits per heavy atom. The molecule has 0 spiro atoms. The van der Waals surface area contributed by atoms with Crippen molar-refractivity contribution < 1.29 is 0 Å². The molecule has 0 N–H and O–H groups in total. The third-order valence-electron chi connectivity index (χ3n) is 5.08. The van der Waals surface area contributed by atoms with Gasteiger partial charge in [-0.25, -0.2) is 0 Å². The zero-order chi connectivity index (χ0) is 14.9. The fourth-order valence-corrected chi connectivity index (χ4v) is 3.75. The highest BCUT2D eigenvalue weighted by Crippen LogP contribution is 2.38. The molecule has 1 heteroatoms. The van der Waals surface area contributed by atoms with Gasteiger partial charge in [0.15, 0.2) is 0 Å². The number of benzene rings is 1. The highest BCUT2D eigenvalue weighted by molar-refractivity contribution is 5.39. The second kappa shape index (κ2) is 8.88. The van der Waals surface area contributed by atoms with E-state index in [0.717, 1.165) is 11.5 Å². The predicted octanol–water partition coefficient (Wildman–Crippen LogP) is 6.19. The van der Waals surface area contributed by atoms with Crippen LogP contribution in [0.5, 0.6) is 0 Å². The molecule has 1 nitrogen and oxygen atoms in total. The first-order valence-corrected chi connectivity index (χ1v) is 8.84. The van der Waals surface area contributed by atoms with Crippen molar-refractivity contribution in [2.24, 2.45) is 5.92 Å². The van der Waals surface area contributed by atoms with E-state index in [9.17, 15) is 5.26 Å². The van der Waals surface area contributed by atoms with Crippen LogP contribution in [0.15, 0.2) is 24.3 Å². The molecule has 0 amide bonds. The van der Waals surface area contributed by atoms with Gasteiger partial charge >= 0.3 is 0 Å². The lowest BCUT2D eigenvalue weighted by Gasteiger charge is -2.29. The lowest BCUT2D eigenvalue weighted by atomic mass is 9.76. The van der Waals surface area contributed by atoms with E-state index >= 15 is 0 Å². The van der Waals surface area contributed by atoms with Crippen molar-refractivity contribution in [2.45, 2.75) is 77.0 Å². The van der Waals surface area contributed by atoms with Crippen molar-refractivity contribution in [1.29, 1.82) is 5.26 Å². The molecule has 1 aliphatic rings. The smallest absolute Gasteiger partial charge is 0.0994 e. The van der Waals surface area contributed by atoms with Crippen molar-refractivity contribution in [3.8, 4) is 6.07 Å². The monoisotopic (exact) mass is 283 g/mol. The first-order chi connectivity index (χ1) is 10.3. The summed E-state index contributed by atoms with van der Waals surface area (Å²) in [5.74, 6) is 1.56. The lowest BCUT2D eigenvalue weighted by Crippen LogP contribution is -2.14. The summed E-state index contributed by atoms with van der Waals surface area (Å²) < 4.78 is 0. The number of rotatable bonds is 7. The maximum absolute atomic E-state index is 9.24. The van der Waals surface area contributed by atoms with Crippen LogP contribution >= 0.6 is 0 Å². The van der Waals surface area contributed by atoms with Gasteiger partial charge in [0.05, 0.1) is 11.6 Å². The Bertz CT molecular complexity index is 449.